The lowest BCUT2D eigenvalue weighted by atomic mass is 10.6. The summed E-state index contributed by atoms with van der Waals surface area (Å²) in [4.78, 5) is 0. The van der Waals surface area contributed by atoms with Gasteiger partial charge in [0.05, 0.1) is 16.9 Å². The maximum atomic E-state index is 2.26. The molecule has 0 nitrogen and oxygen atoms in total. The van der Waals surface area contributed by atoms with Crippen LogP contribution in [0.25, 0.3) is 0 Å². The van der Waals surface area contributed by atoms with Crippen molar-refractivity contribution in [2.75, 3.05) is 11.5 Å². The van der Waals surface area contributed by atoms with E-state index in [9.17, 15) is 0 Å². The molecule has 2 aliphatic rings. The van der Waals surface area contributed by atoms with Crippen molar-refractivity contribution in [1.82, 2.24) is 0 Å². The van der Waals surface area contributed by atoms with Gasteiger partial charge in [-0.05, 0) is 35.2 Å². The molecule has 0 aromatic rings. The van der Waals surface area contributed by atoms with Crippen LogP contribution in [0.3, 0.4) is 0 Å². The van der Waals surface area contributed by atoms with Crippen LogP contribution in [0.5, 0.6) is 0 Å². The molecular weight excluding hydrogens is 337 g/mol. The van der Waals surface area contributed by atoms with Gasteiger partial charge < -0.3 is 0 Å². The molecule has 2 rings (SSSR count). The smallest absolute Gasteiger partial charge is 0.0717 e. The van der Waals surface area contributed by atoms with Crippen LogP contribution in [0.2, 0.25) is 0 Å². The van der Waals surface area contributed by atoms with Crippen molar-refractivity contribution in [2.45, 2.75) is 26.7 Å². The molecule has 2 heterocycles. The fraction of sp³-hybridized carbons (Fsp3) is 0.500. The highest BCUT2D eigenvalue weighted by Crippen LogP contribution is 2.61. The minimum atomic E-state index is 1.24. The van der Waals surface area contributed by atoms with E-state index in [0.29, 0.717) is 0 Å². The highest BCUT2D eigenvalue weighted by Gasteiger charge is 2.25. The van der Waals surface area contributed by atoms with Gasteiger partial charge in [0, 0.05) is 0 Å². The number of rotatable bonds is 6. The number of hydrogen-bond acceptors (Lipinski definition) is 6. The van der Waals surface area contributed by atoms with Gasteiger partial charge in [0.25, 0.3) is 0 Å². The van der Waals surface area contributed by atoms with E-state index < -0.39 is 0 Å². The van der Waals surface area contributed by atoms with Crippen LogP contribution in [0.1, 0.15) is 26.7 Å². The van der Waals surface area contributed by atoms with Gasteiger partial charge in [0.1, 0.15) is 0 Å². The van der Waals surface area contributed by atoms with E-state index in [1.165, 1.54) is 41.3 Å². The zero-order valence-corrected chi connectivity index (χ0v) is 15.3. The summed E-state index contributed by atoms with van der Waals surface area (Å²) in [5, 5.41) is 4.37. The first kappa shape index (κ1) is 15.7. The third kappa shape index (κ3) is 4.42. The second kappa shape index (κ2) is 8.57. The molecule has 0 saturated carbocycles. The highest BCUT2D eigenvalue weighted by molar-refractivity contribution is 8.42. The van der Waals surface area contributed by atoms with Gasteiger partial charge in [-0.25, -0.2) is 0 Å². The zero-order valence-electron chi connectivity index (χ0n) is 10.4. The maximum Gasteiger partial charge on any atom is 0.0717 e. The van der Waals surface area contributed by atoms with Crippen LogP contribution in [-0.4, -0.2) is 11.5 Å². The van der Waals surface area contributed by atoms with Crippen LogP contribution >= 0.6 is 70.6 Å². The molecule has 0 unspecified atom stereocenters. The summed E-state index contributed by atoms with van der Waals surface area (Å²) in [6.07, 6.45) is 2.50. The van der Waals surface area contributed by atoms with Gasteiger partial charge in [-0.1, -0.05) is 60.9 Å². The molecule has 2 aliphatic heterocycles. The molecule has 0 aliphatic carbocycles. The summed E-state index contributed by atoms with van der Waals surface area (Å²) < 4.78 is 6.03. The lowest BCUT2D eigenvalue weighted by Gasteiger charge is -2.02. The van der Waals surface area contributed by atoms with Gasteiger partial charge in [0.15, 0.2) is 0 Å². The van der Waals surface area contributed by atoms with Crippen LogP contribution < -0.4 is 0 Å². The van der Waals surface area contributed by atoms with Crippen molar-refractivity contribution < 1.29 is 0 Å². The summed E-state index contributed by atoms with van der Waals surface area (Å²) in [6, 6.07) is 0. The molecule has 0 spiro atoms. The average Bonchev–Trinajstić information content (AvgIpc) is 3.02. The van der Waals surface area contributed by atoms with Gasteiger partial charge in [0.2, 0.25) is 0 Å². The van der Waals surface area contributed by atoms with Crippen LogP contribution in [0.4, 0.5) is 0 Å². The number of hydrogen-bond donors (Lipinski definition) is 0. The molecule has 18 heavy (non-hydrogen) atoms. The molecular formula is C12H16S6. The first-order valence-corrected chi connectivity index (χ1v) is 11.3. The van der Waals surface area contributed by atoms with E-state index in [2.05, 4.69) is 24.7 Å². The molecule has 0 saturated heterocycles. The quantitative estimate of drug-likeness (QED) is 0.503. The first-order valence-electron chi connectivity index (χ1n) is 5.93. The van der Waals surface area contributed by atoms with E-state index in [1.807, 2.05) is 70.6 Å². The molecule has 0 bridgehead atoms. The second-order valence-corrected chi connectivity index (χ2v) is 10.7. The van der Waals surface area contributed by atoms with Crippen LogP contribution in [0.15, 0.2) is 27.8 Å². The van der Waals surface area contributed by atoms with Gasteiger partial charge in [-0.15, -0.1) is 23.5 Å². The van der Waals surface area contributed by atoms with Crippen LogP contribution in [0, 0.1) is 0 Å². The fourth-order valence-corrected chi connectivity index (χ4v) is 9.09. The van der Waals surface area contributed by atoms with Crippen LogP contribution in [-0.2, 0) is 0 Å². The van der Waals surface area contributed by atoms with Crippen molar-refractivity contribution in [1.29, 1.82) is 0 Å². The van der Waals surface area contributed by atoms with Crippen molar-refractivity contribution in [2.24, 2.45) is 0 Å². The Morgan fingerprint density at radius 1 is 0.833 bits per heavy atom. The van der Waals surface area contributed by atoms with Gasteiger partial charge >= 0.3 is 0 Å². The molecule has 0 N–H and O–H groups in total. The molecule has 0 amide bonds. The Kier molecular flexibility index (Phi) is 7.48. The van der Waals surface area contributed by atoms with Gasteiger partial charge in [-0.3, -0.25) is 0 Å². The van der Waals surface area contributed by atoms with Gasteiger partial charge in [-0.2, -0.15) is 0 Å². The second-order valence-electron chi connectivity index (χ2n) is 3.56. The Hall–Kier alpha value is 1.32. The predicted octanol–water partition coefficient (Wildman–Crippen LogP) is 6.96. The summed E-state index contributed by atoms with van der Waals surface area (Å²) >= 11 is 11.8. The standard InChI is InChI=1S/C12H16S6/c1-3-5-13-10-11(14-6-4-2)18-12(17-10)9-15-7-8-16-9/h7-8H,3-6H2,1-2H3. The molecule has 6 heteroatoms. The largest absolute Gasteiger partial charge is 0.117 e. The fourth-order valence-electron chi connectivity index (χ4n) is 1.23. The maximum absolute atomic E-state index is 2.26. The van der Waals surface area contributed by atoms with Crippen molar-refractivity contribution in [3.63, 3.8) is 0 Å². The molecule has 0 radical (unpaired) electrons. The Labute approximate surface area is 135 Å². The zero-order chi connectivity index (χ0) is 12.8. The monoisotopic (exact) mass is 352 g/mol. The van der Waals surface area contributed by atoms with E-state index in [0.717, 1.165) is 0 Å². The van der Waals surface area contributed by atoms with Crippen molar-refractivity contribution in [3.05, 3.63) is 27.8 Å². The molecule has 100 valence electrons. The first-order chi connectivity index (χ1) is 8.85. The SMILES string of the molecule is CCCSC1=C(SCCC)SC(=C2SC=CS2)S1. The lowest BCUT2D eigenvalue weighted by Crippen LogP contribution is -1.77. The molecule has 0 aromatic heterocycles. The third-order valence-electron chi connectivity index (χ3n) is 1.98. The third-order valence-corrected chi connectivity index (χ3v) is 10.6. The Balaban J connectivity index is 2.02. The highest BCUT2D eigenvalue weighted by atomic mass is 32.3. The number of thioether (sulfide) groups is 6. The molecule has 0 atom stereocenters. The van der Waals surface area contributed by atoms with E-state index >= 15 is 0 Å². The Morgan fingerprint density at radius 2 is 1.33 bits per heavy atom. The molecule has 0 fully saturated rings. The topological polar surface area (TPSA) is 0 Å². The Morgan fingerprint density at radius 3 is 1.78 bits per heavy atom. The van der Waals surface area contributed by atoms with E-state index in [4.69, 9.17) is 0 Å². The predicted molar refractivity (Wildman–Crippen MR) is 99.1 cm³/mol. The Bertz CT molecular complexity index is 350. The van der Waals surface area contributed by atoms with Crippen molar-refractivity contribution >= 4 is 70.6 Å². The minimum absolute atomic E-state index is 1.24. The summed E-state index contributed by atoms with van der Waals surface area (Å²) in [7, 11) is 0. The van der Waals surface area contributed by atoms with E-state index in [-0.39, 0.29) is 0 Å². The summed E-state index contributed by atoms with van der Waals surface area (Å²) in [5.41, 5.74) is 0. The average molecular weight is 353 g/mol. The lowest BCUT2D eigenvalue weighted by molar-refractivity contribution is 1.11. The minimum Gasteiger partial charge on any atom is -0.117 e. The molecule has 0 aromatic carbocycles. The normalized spacial score (nSPS) is 19.4. The summed E-state index contributed by atoms with van der Waals surface area (Å²) in [6.45, 7) is 4.51. The van der Waals surface area contributed by atoms with E-state index in [1.54, 1.807) is 0 Å². The van der Waals surface area contributed by atoms with Crippen molar-refractivity contribution in [3.8, 4) is 0 Å². The summed E-state index contributed by atoms with van der Waals surface area (Å²) in [5.74, 6) is 2.47.